The van der Waals surface area contributed by atoms with E-state index < -0.39 is 0 Å². The molecular weight excluding hydrogens is 264 g/mol. The summed E-state index contributed by atoms with van der Waals surface area (Å²) < 4.78 is 10.7. The van der Waals surface area contributed by atoms with Crippen LogP contribution in [0.3, 0.4) is 0 Å². The predicted octanol–water partition coefficient (Wildman–Crippen LogP) is 3.23. The van der Waals surface area contributed by atoms with Crippen molar-refractivity contribution in [2.75, 3.05) is 14.2 Å². The van der Waals surface area contributed by atoms with Crippen LogP contribution in [0.2, 0.25) is 0 Å². The Morgan fingerprint density at radius 3 is 2.52 bits per heavy atom. The standard InChI is InChI=1S/C17H22N2O2/c1-11-4-5-17(18,9-11)13-6-12-7-15(20-2)16(21-3)8-14(12)19-10-13/h6-8,10-11H,4-5,9,18H2,1-3H3. The van der Waals surface area contributed by atoms with Crippen LogP contribution in [0.25, 0.3) is 10.9 Å². The Morgan fingerprint density at radius 2 is 1.90 bits per heavy atom. The molecule has 2 N–H and O–H groups in total. The van der Waals surface area contributed by atoms with Crippen LogP contribution in [-0.4, -0.2) is 19.2 Å². The van der Waals surface area contributed by atoms with Crippen molar-refractivity contribution in [2.24, 2.45) is 11.7 Å². The normalized spacial score (nSPS) is 25.2. The lowest BCUT2D eigenvalue weighted by Gasteiger charge is -2.24. The Kier molecular flexibility index (Phi) is 3.49. The minimum Gasteiger partial charge on any atom is -0.493 e. The van der Waals surface area contributed by atoms with E-state index in [1.165, 1.54) is 6.42 Å². The van der Waals surface area contributed by atoms with E-state index in [0.717, 1.165) is 35.1 Å². The average molecular weight is 286 g/mol. The highest BCUT2D eigenvalue weighted by Gasteiger charge is 2.35. The summed E-state index contributed by atoms with van der Waals surface area (Å²) in [6.07, 6.45) is 5.13. The second kappa shape index (κ2) is 5.19. The smallest absolute Gasteiger partial charge is 0.162 e. The van der Waals surface area contributed by atoms with Gasteiger partial charge >= 0.3 is 0 Å². The second-order valence-corrected chi connectivity index (χ2v) is 6.13. The molecule has 112 valence electrons. The lowest BCUT2D eigenvalue weighted by atomic mass is 9.89. The number of hydrogen-bond acceptors (Lipinski definition) is 4. The first-order chi connectivity index (χ1) is 10.1. The summed E-state index contributed by atoms with van der Waals surface area (Å²) in [7, 11) is 3.27. The van der Waals surface area contributed by atoms with E-state index in [1.807, 2.05) is 18.3 Å². The summed E-state index contributed by atoms with van der Waals surface area (Å²) in [5.74, 6) is 2.09. The van der Waals surface area contributed by atoms with E-state index in [0.29, 0.717) is 11.7 Å². The Balaban J connectivity index is 2.07. The first kappa shape index (κ1) is 14.1. The minimum atomic E-state index is -0.242. The quantitative estimate of drug-likeness (QED) is 0.941. The summed E-state index contributed by atoms with van der Waals surface area (Å²) in [6, 6.07) is 6.01. The molecule has 1 aliphatic rings. The molecule has 21 heavy (non-hydrogen) atoms. The van der Waals surface area contributed by atoms with Gasteiger partial charge in [0.2, 0.25) is 0 Å². The third kappa shape index (κ3) is 2.44. The van der Waals surface area contributed by atoms with Crippen molar-refractivity contribution in [3.63, 3.8) is 0 Å². The fraction of sp³-hybridized carbons (Fsp3) is 0.471. The van der Waals surface area contributed by atoms with Gasteiger partial charge in [0, 0.05) is 23.2 Å². The molecule has 4 heteroatoms. The molecule has 1 saturated carbocycles. The van der Waals surface area contributed by atoms with Crippen LogP contribution in [0.1, 0.15) is 31.7 Å². The first-order valence-electron chi connectivity index (χ1n) is 7.37. The van der Waals surface area contributed by atoms with Crippen LogP contribution in [0.5, 0.6) is 11.5 Å². The van der Waals surface area contributed by atoms with Gasteiger partial charge in [-0.2, -0.15) is 0 Å². The third-order valence-electron chi connectivity index (χ3n) is 4.56. The summed E-state index contributed by atoms with van der Waals surface area (Å²) >= 11 is 0. The monoisotopic (exact) mass is 286 g/mol. The molecule has 3 rings (SSSR count). The number of pyridine rings is 1. The molecule has 4 nitrogen and oxygen atoms in total. The molecule has 0 aliphatic heterocycles. The van der Waals surface area contributed by atoms with Crippen LogP contribution < -0.4 is 15.2 Å². The number of aromatic nitrogens is 1. The topological polar surface area (TPSA) is 57.4 Å². The molecule has 0 saturated heterocycles. The number of rotatable bonds is 3. The Hall–Kier alpha value is -1.81. The molecule has 0 radical (unpaired) electrons. The van der Waals surface area contributed by atoms with Gasteiger partial charge in [-0.05, 0) is 42.9 Å². The van der Waals surface area contributed by atoms with Gasteiger partial charge in [-0.25, -0.2) is 0 Å². The van der Waals surface area contributed by atoms with Gasteiger partial charge < -0.3 is 15.2 Å². The maximum absolute atomic E-state index is 6.59. The molecule has 1 heterocycles. The van der Waals surface area contributed by atoms with Crippen molar-refractivity contribution >= 4 is 10.9 Å². The van der Waals surface area contributed by atoms with E-state index in [1.54, 1.807) is 14.2 Å². The predicted molar refractivity (Wildman–Crippen MR) is 83.7 cm³/mol. The minimum absolute atomic E-state index is 0.242. The highest BCUT2D eigenvalue weighted by atomic mass is 16.5. The van der Waals surface area contributed by atoms with Gasteiger partial charge in [-0.1, -0.05) is 6.92 Å². The van der Waals surface area contributed by atoms with E-state index in [9.17, 15) is 0 Å². The maximum atomic E-state index is 6.59. The molecule has 2 unspecified atom stereocenters. The average Bonchev–Trinajstić information content (AvgIpc) is 2.85. The number of ether oxygens (including phenoxy) is 2. The van der Waals surface area contributed by atoms with Crippen LogP contribution in [-0.2, 0) is 5.54 Å². The lowest BCUT2D eigenvalue weighted by molar-refractivity contribution is 0.355. The van der Waals surface area contributed by atoms with Crippen molar-refractivity contribution in [2.45, 2.75) is 31.7 Å². The van der Waals surface area contributed by atoms with Gasteiger partial charge in [0.25, 0.3) is 0 Å². The Bertz CT molecular complexity index is 671. The largest absolute Gasteiger partial charge is 0.493 e. The first-order valence-corrected chi connectivity index (χ1v) is 7.37. The van der Waals surface area contributed by atoms with E-state index in [4.69, 9.17) is 15.2 Å². The van der Waals surface area contributed by atoms with Gasteiger partial charge in [0.15, 0.2) is 11.5 Å². The molecule has 1 fully saturated rings. The van der Waals surface area contributed by atoms with E-state index in [-0.39, 0.29) is 5.54 Å². The Morgan fingerprint density at radius 1 is 1.19 bits per heavy atom. The fourth-order valence-corrected chi connectivity index (χ4v) is 3.32. The lowest BCUT2D eigenvalue weighted by Crippen LogP contribution is -2.33. The zero-order valence-electron chi connectivity index (χ0n) is 12.8. The number of benzene rings is 1. The van der Waals surface area contributed by atoms with Gasteiger partial charge in [0.1, 0.15) is 0 Å². The van der Waals surface area contributed by atoms with Crippen LogP contribution in [0.4, 0.5) is 0 Å². The van der Waals surface area contributed by atoms with E-state index >= 15 is 0 Å². The number of hydrogen-bond donors (Lipinski definition) is 1. The van der Waals surface area contributed by atoms with Crippen LogP contribution >= 0.6 is 0 Å². The zero-order valence-corrected chi connectivity index (χ0v) is 12.8. The Labute approximate surface area is 125 Å². The molecule has 2 atom stereocenters. The summed E-state index contributed by atoms with van der Waals surface area (Å²) in [5, 5.41) is 1.04. The van der Waals surface area contributed by atoms with Crippen molar-refractivity contribution in [3.05, 3.63) is 30.0 Å². The van der Waals surface area contributed by atoms with Gasteiger partial charge in [0.05, 0.1) is 19.7 Å². The summed E-state index contributed by atoms with van der Waals surface area (Å²) in [5.41, 5.74) is 8.36. The van der Waals surface area contributed by atoms with Crippen molar-refractivity contribution in [1.29, 1.82) is 0 Å². The molecular formula is C17H22N2O2. The zero-order chi connectivity index (χ0) is 15.0. The molecule has 1 aliphatic carbocycles. The third-order valence-corrected chi connectivity index (χ3v) is 4.56. The molecule has 0 spiro atoms. The second-order valence-electron chi connectivity index (χ2n) is 6.13. The number of fused-ring (bicyclic) bond motifs is 1. The highest BCUT2D eigenvalue weighted by Crippen LogP contribution is 2.41. The van der Waals surface area contributed by atoms with Crippen LogP contribution in [0.15, 0.2) is 24.4 Å². The van der Waals surface area contributed by atoms with Gasteiger partial charge in [-0.15, -0.1) is 0 Å². The van der Waals surface area contributed by atoms with E-state index in [2.05, 4.69) is 18.0 Å². The maximum Gasteiger partial charge on any atom is 0.162 e. The molecule has 0 bridgehead atoms. The van der Waals surface area contributed by atoms with Crippen molar-refractivity contribution in [3.8, 4) is 11.5 Å². The van der Waals surface area contributed by atoms with Crippen molar-refractivity contribution < 1.29 is 9.47 Å². The molecule has 1 aromatic heterocycles. The fourth-order valence-electron chi connectivity index (χ4n) is 3.32. The number of nitrogens with zero attached hydrogens (tertiary/aromatic N) is 1. The molecule has 0 amide bonds. The van der Waals surface area contributed by atoms with Crippen LogP contribution in [0, 0.1) is 5.92 Å². The molecule has 2 aromatic rings. The van der Waals surface area contributed by atoms with Gasteiger partial charge in [-0.3, -0.25) is 4.98 Å². The summed E-state index contributed by atoms with van der Waals surface area (Å²) in [4.78, 5) is 4.56. The SMILES string of the molecule is COc1cc2cc(C3(N)CCC(C)C3)cnc2cc1OC. The highest BCUT2D eigenvalue weighted by molar-refractivity contribution is 5.83. The number of methoxy groups -OCH3 is 2. The molecule has 1 aromatic carbocycles. The van der Waals surface area contributed by atoms with Crippen molar-refractivity contribution in [1.82, 2.24) is 4.98 Å². The number of nitrogens with two attached hydrogens (primary N) is 1. The summed E-state index contributed by atoms with van der Waals surface area (Å²) in [6.45, 7) is 2.26.